The topological polar surface area (TPSA) is 23.6 Å². The first-order valence-corrected chi connectivity index (χ1v) is 5.22. The number of nitrogens with zero attached hydrogens (tertiary/aromatic N) is 2. The normalized spacial score (nSPS) is 23.1. The SMILES string of the molecule is C=CC1CCN(C)N1C(=O)CC(C)C. The maximum Gasteiger partial charge on any atom is 0.237 e. The van der Waals surface area contributed by atoms with E-state index in [4.69, 9.17) is 0 Å². The standard InChI is InChI=1S/C11H20N2O/c1-5-10-6-7-12(4)13(10)11(14)8-9(2)3/h5,9-10H,1,6-8H2,2-4H3. The van der Waals surface area contributed by atoms with Crippen LogP contribution in [0.1, 0.15) is 26.7 Å². The number of hydrogen-bond acceptors (Lipinski definition) is 2. The van der Waals surface area contributed by atoms with E-state index in [1.165, 1.54) is 0 Å². The molecule has 0 aromatic carbocycles. The lowest BCUT2D eigenvalue weighted by molar-refractivity contribution is -0.144. The van der Waals surface area contributed by atoms with Crippen molar-refractivity contribution in [1.82, 2.24) is 10.0 Å². The molecule has 1 amide bonds. The number of carbonyl (C=O) groups excluding carboxylic acids is 1. The van der Waals surface area contributed by atoms with Gasteiger partial charge in [-0.1, -0.05) is 19.9 Å². The first-order valence-electron chi connectivity index (χ1n) is 5.22. The molecule has 1 fully saturated rings. The smallest absolute Gasteiger partial charge is 0.237 e. The Morgan fingerprint density at radius 3 is 2.79 bits per heavy atom. The molecule has 1 rings (SSSR count). The number of rotatable bonds is 3. The summed E-state index contributed by atoms with van der Waals surface area (Å²) in [6, 6.07) is 0.200. The zero-order valence-corrected chi connectivity index (χ0v) is 9.36. The molecule has 0 aliphatic carbocycles. The second-order valence-electron chi connectivity index (χ2n) is 4.31. The van der Waals surface area contributed by atoms with E-state index in [-0.39, 0.29) is 11.9 Å². The molecule has 0 N–H and O–H groups in total. The van der Waals surface area contributed by atoms with Gasteiger partial charge in [-0.25, -0.2) is 5.01 Å². The third-order valence-corrected chi connectivity index (χ3v) is 2.54. The molecule has 14 heavy (non-hydrogen) atoms. The summed E-state index contributed by atoms with van der Waals surface area (Å²) in [5.74, 6) is 0.631. The van der Waals surface area contributed by atoms with Crippen LogP contribution in [0.4, 0.5) is 0 Å². The molecule has 0 aromatic heterocycles. The highest BCUT2D eigenvalue weighted by Gasteiger charge is 2.30. The van der Waals surface area contributed by atoms with E-state index in [1.807, 2.05) is 23.1 Å². The van der Waals surface area contributed by atoms with Crippen molar-refractivity contribution in [3.8, 4) is 0 Å². The van der Waals surface area contributed by atoms with Gasteiger partial charge in [0.25, 0.3) is 0 Å². The van der Waals surface area contributed by atoms with E-state index in [0.717, 1.165) is 13.0 Å². The molecule has 1 saturated heterocycles. The second kappa shape index (κ2) is 4.60. The van der Waals surface area contributed by atoms with Gasteiger partial charge in [-0.05, 0) is 12.3 Å². The first-order chi connectivity index (χ1) is 6.56. The summed E-state index contributed by atoms with van der Waals surface area (Å²) < 4.78 is 0. The Kier molecular flexibility index (Phi) is 3.69. The van der Waals surface area contributed by atoms with Crippen molar-refractivity contribution >= 4 is 5.91 Å². The minimum absolute atomic E-state index is 0.200. The molecule has 1 atom stereocenters. The predicted molar refractivity (Wildman–Crippen MR) is 57.5 cm³/mol. The summed E-state index contributed by atoms with van der Waals surface area (Å²) in [4.78, 5) is 11.9. The molecule has 1 aliphatic heterocycles. The fourth-order valence-electron chi connectivity index (χ4n) is 1.84. The van der Waals surface area contributed by atoms with Crippen LogP contribution < -0.4 is 0 Å². The Morgan fingerprint density at radius 2 is 2.29 bits per heavy atom. The lowest BCUT2D eigenvalue weighted by Gasteiger charge is -2.28. The Hall–Kier alpha value is -0.830. The van der Waals surface area contributed by atoms with E-state index in [0.29, 0.717) is 12.3 Å². The summed E-state index contributed by atoms with van der Waals surface area (Å²) in [6.45, 7) is 8.85. The highest BCUT2D eigenvalue weighted by atomic mass is 16.2. The molecule has 0 bridgehead atoms. The van der Waals surface area contributed by atoms with Gasteiger partial charge in [0.2, 0.25) is 5.91 Å². The Labute approximate surface area is 86.3 Å². The molecule has 1 aliphatic rings. The van der Waals surface area contributed by atoms with Crippen molar-refractivity contribution in [1.29, 1.82) is 0 Å². The maximum atomic E-state index is 11.9. The van der Waals surface area contributed by atoms with Crippen LogP contribution in [0.25, 0.3) is 0 Å². The molecule has 1 unspecified atom stereocenters. The summed E-state index contributed by atoms with van der Waals surface area (Å²) >= 11 is 0. The van der Waals surface area contributed by atoms with Crippen LogP contribution in [0.15, 0.2) is 12.7 Å². The number of hydrogen-bond donors (Lipinski definition) is 0. The number of amides is 1. The fourth-order valence-corrected chi connectivity index (χ4v) is 1.84. The molecule has 0 aromatic rings. The molecule has 1 heterocycles. The van der Waals surface area contributed by atoms with E-state index in [2.05, 4.69) is 20.4 Å². The van der Waals surface area contributed by atoms with Gasteiger partial charge in [-0.2, -0.15) is 0 Å². The number of hydrazine groups is 1. The first kappa shape index (κ1) is 11.2. The van der Waals surface area contributed by atoms with Crippen molar-refractivity contribution < 1.29 is 4.79 Å². The third-order valence-electron chi connectivity index (χ3n) is 2.54. The zero-order valence-electron chi connectivity index (χ0n) is 9.36. The van der Waals surface area contributed by atoms with Gasteiger partial charge in [0.15, 0.2) is 0 Å². The predicted octanol–water partition coefficient (Wildman–Crippen LogP) is 1.67. The van der Waals surface area contributed by atoms with Crippen molar-refractivity contribution in [2.75, 3.05) is 13.6 Å². The van der Waals surface area contributed by atoms with Crippen LogP contribution in [0.3, 0.4) is 0 Å². The minimum atomic E-state index is 0.200. The average Bonchev–Trinajstić information content (AvgIpc) is 2.45. The van der Waals surface area contributed by atoms with Crippen LogP contribution in [-0.2, 0) is 4.79 Å². The van der Waals surface area contributed by atoms with Crippen molar-refractivity contribution in [2.24, 2.45) is 5.92 Å². The molecule has 0 spiro atoms. The quantitative estimate of drug-likeness (QED) is 0.641. The van der Waals surface area contributed by atoms with Crippen LogP contribution in [-0.4, -0.2) is 35.6 Å². The minimum Gasteiger partial charge on any atom is -0.273 e. The molecule has 3 heteroatoms. The lowest BCUT2D eigenvalue weighted by Crippen LogP contribution is -2.43. The van der Waals surface area contributed by atoms with E-state index in [9.17, 15) is 4.79 Å². The van der Waals surface area contributed by atoms with Gasteiger partial charge in [0, 0.05) is 20.0 Å². The van der Waals surface area contributed by atoms with Crippen LogP contribution in [0.5, 0.6) is 0 Å². The van der Waals surface area contributed by atoms with Gasteiger partial charge >= 0.3 is 0 Å². The summed E-state index contributed by atoms with van der Waals surface area (Å²) in [5.41, 5.74) is 0. The Morgan fingerprint density at radius 1 is 1.64 bits per heavy atom. The molecule has 3 nitrogen and oxygen atoms in total. The van der Waals surface area contributed by atoms with Crippen molar-refractivity contribution in [3.05, 3.63) is 12.7 Å². The van der Waals surface area contributed by atoms with Crippen LogP contribution >= 0.6 is 0 Å². The van der Waals surface area contributed by atoms with Crippen molar-refractivity contribution in [2.45, 2.75) is 32.7 Å². The largest absolute Gasteiger partial charge is 0.273 e. The van der Waals surface area contributed by atoms with Crippen molar-refractivity contribution in [3.63, 3.8) is 0 Å². The Bertz CT molecular complexity index is 225. The van der Waals surface area contributed by atoms with E-state index >= 15 is 0 Å². The molecular weight excluding hydrogens is 176 g/mol. The number of carbonyl (C=O) groups is 1. The monoisotopic (exact) mass is 196 g/mol. The fraction of sp³-hybridized carbons (Fsp3) is 0.727. The molecule has 80 valence electrons. The average molecular weight is 196 g/mol. The van der Waals surface area contributed by atoms with Crippen LogP contribution in [0, 0.1) is 5.92 Å². The highest BCUT2D eigenvalue weighted by molar-refractivity contribution is 5.76. The summed E-state index contributed by atoms with van der Waals surface area (Å²) in [5, 5.41) is 3.84. The molecule has 0 saturated carbocycles. The summed E-state index contributed by atoms with van der Waals surface area (Å²) in [6.07, 6.45) is 3.49. The molecule has 0 radical (unpaired) electrons. The maximum absolute atomic E-state index is 11.9. The van der Waals surface area contributed by atoms with Gasteiger partial charge in [-0.3, -0.25) is 9.80 Å². The zero-order chi connectivity index (χ0) is 10.7. The summed E-state index contributed by atoms with van der Waals surface area (Å²) in [7, 11) is 1.96. The van der Waals surface area contributed by atoms with Gasteiger partial charge in [-0.15, -0.1) is 6.58 Å². The third kappa shape index (κ3) is 2.35. The van der Waals surface area contributed by atoms with Gasteiger partial charge in [0.05, 0.1) is 6.04 Å². The second-order valence-corrected chi connectivity index (χ2v) is 4.31. The molecular formula is C11H20N2O. The van der Waals surface area contributed by atoms with Gasteiger partial charge in [0.1, 0.15) is 0 Å². The lowest BCUT2D eigenvalue weighted by atomic mass is 10.1. The highest BCUT2D eigenvalue weighted by Crippen LogP contribution is 2.19. The van der Waals surface area contributed by atoms with Gasteiger partial charge < -0.3 is 0 Å². The van der Waals surface area contributed by atoms with E-state index < -0.39 is 0 Å². The van der Waals surface area contributed by atoms with Crippen LogP contribution in [0.2, 0.25) is 0 Å². The van der Waals surface area contributed by atoms with E-state index in [1.54, 1.807) is 0 Å². The Balaban J connectivity index is 2.63.